The highest BCUT2D eigenvalue weighted by molar-refractivity contribution is 6.32. The zero-order chi connectivity index (χ0) is 12.0. The number of pyridine rings is 1. The fourth-order valence-corrected chi connectivity index (χ4v) is 1.56. The predicted molar refractivity (Wildman–Crippen MR) is 65.2 cm³/mol. The van der Waals surface area contributed by atoms with Crippen LogP contribution in [0.5, 0.6) is 0 Å². The maximum Gasteiger partial charge on any atom is 0.147 e. The Bertz CT molecular complexity index is 370. The molecule has 6 heteroatoms. The van der Waals surface area contributed by atoms with Crippen molar-refractivity contribution in [2.45, 2.75) is 13.3 Å². The molecule has 0 atom stereocenters. The van der Waals surface area contributed by atoms with E-state index >= 15 is 0 Å². The Morgan fingerprint density at radius 3 is 3.00 bits per heavy atom. The van der Waals surface area contributed by atoms with Crippen LogP contribution < -0.4 is 10.6 Å². The van der Waals surface area contributed by atoms with Gasteiger partial charge in [-0.2, -0.15) is 0 Å². The molecule has 16 heavy (non-hydrogen) atoms. The average Bonchev–Trinajstić information content (AvgIpc) is 2.31. The molecule has 0 radical (unpaired) electrons. The summed E-state index contributed by atoms with van der Waals surface area (Å²) in [6.07, 6.45) is 2.16. The van der Waals surface area contributed by atoms with Gasteiger partial charge in [-0.15, -0.1) is 0 Å². The molecule has 88 valence electrons. The molecule has 1 heterocycles. The summed E-state index contributed by atoms with van der Waals surface area (Å²) in [6.45, 7) is 3.37. The number of aromatic nitrogens is 1. The largest absolute Gasteiger partial charge is 0.409 e. The second-order valence-corrected chi connectivity index (χ2v) is 3.64. The highest BCUT2D eigenvalue weighted by Gasteiger charge is 2.09. The van der Waals surface area contributed by atoms with Gasteiger partial charge in [-0.25, -0.2) is 4.98 Å². The Morgan fingerprint density at radius 1 is 1.69 bits per heavy atom. The molecule has 0 fully saturated rings. The van der Waals surface area contributed by atoms with Gasteiger partial charge in [-0.3, -0.25) is 0 Å². The number of oxime groups is 1. The molecule has 0 aromatic carbocycles. The lowest BCUT2D eigenvalue weighted by atomic mass is 10.3. The molecule has 0 unspecified atom stereocenters. The zero-order valence-corrected chi connectivity index (χ0v) is 9.85. The number of hydrogen-bond donors (Lipinski definition) is 2. The normalized spacial score (nSPS) is 11.5. The fraction of sp³-hybridized carbons (Fsp3) is 0.400. The first-order valence-corrected chi connectivity index (χ1v) is 5.38. The Hall–Kier alpha value is -1.49. The summed E-state index contributed by atoms with van der Waals surface area (Å²) in [5.41, 5.74) is 5.41. The van der Waals surface area contributed by atoms with Crippen molar-refractivity contribution in [3.05, 3.63) is 23.4 Å². The van der Waals surface area contributed by atoms with Crippen molar-refractivity contribution in [1.82, 2.24) is 4.98 Å². The smallest absolute Gasteiger partial charge is 0.147 e. The van der Waals surface area contributed by atoms with Crippen LogP contribution in [0.15, 0.2) is 23.5 Å². The predicted octanol–water partition coefficient (Wildman–Crippen LogP) is 1.70. The van der Waals surface area contributed by atoms with E-state index in [1.165, 1.54) is 0 Å². The SMILES string of the molecule is CCN(CCC(N)=NO)c1ncccc1Cl. The van der Waals surface area contributed by atoms with Crippen molar-refractivity contribution in [1.29, 1.82) is 0 Å². The zero-order valence-electron chi connectivity index (χ0n) is 9.10. The van der Waals surface area contributed by atoms with Gasteiger partial charge in [0.1, 0.15) is 11.7 Å². The first-order chi connectivity index (χ1) is 7.69. The first-order valence-electron chi connectivity index (χ1n) is 5.01. The number of amidine groups is 1. The van der Waals surface area contributed by atoms with Crippen LogP contribution in [0.4, 0.5) is 5.82 Å². The van der Waals surface area contributed by atoms with Gasteiger partial charge in [0.25, 0.3) is 0 Å². The number of halogens is 1. The Kier molecular flexibility index (Phi) is 4.85. The summed E-state index contributed by atoms with van der Waals surface area (Å²) in [6, 6.07) is 3.57. The van der Waals surface area contributed by atoms with Gasteiger partial charge in [-0.1, -0.05) is 16.8 Å². The van der Waals surface area contributed by atoms with E-state index in [2.05, 4.69) is 10.1 Å². The van der Waals surface area contributed by atoms with Crippen LogP contribution in [-0.2, 0) is 0 Å². The average molecular weight is 243 g/mol. The molecule has 0 aliphatic rings. The van der Waals surface area contributed by atoms with Crippen molar-refractivity contribution in [3.8, 4) is 0 Å². The van der Waals surface area contributed by atoms with Crippen LogP contribution in [0.3, 0.4) is 0 Å². The van der Waals surface area contributed by atoms with Crippen LogP contribution in [0.2, 0.25) is 5.02 Å². The third-order valence-corrected chi connectivity index (χ3v) is 2.48. The number of nitrogens with zero attached hydrogens (tertiary/aromatic N) is 3. The van der Waals surface area contributed by atoms with Gasteiger partial charge < -0.3 is 15.8 Å². The van der Waals surface area contributed by atoms with Crippen molar-refractivity contribution in [2.75, 3.05) is 18.0 Å². The Labute approximate surface area is 99.5 Å². The Morgan fingerprint density at radius 2 is 2.44 bits per heavy atom. The lowest BCUT2D eigenvalue weighted by Gasteiger charge is -2.22. The van der Waals surface area contributed by atoms with E-state index in [4.69, 9.17) is 22.5 Å². The molecule has 0 saturated carbocycles. The van der Waals surface area contributed by atoms with Gasteiger partial charge in [0.15, 0.2) is 0 Å². The summed E-state index contributed by atoms with van der Waals surface area (Å²) < 4.78 is 0. The van der Waals surface area contributed by atoms with E-state index in [1.807, 2.05) is 11.8 Å². The van der Waals surface area contributed by atoms with Crippen LogP contribution in [0.25, 0.3) is 0 Å². The molecule has 1 aromatic heterocycles. The Balaban J connectivity index is 2.71. The van der Waals surface area contributed by atoms with Gasteiger partial charge in [0.05, 0.1) is 5.02 Å². The van der Waals surface area contributed by atoms with Crippen LogP contribution in [-0.4, -0.2) is 29.1 Å². The lowest BCUT2D eigenvalue weighted by molar-refractivity contribution is 0.317. The second-order valence-electron chi connectivity index (χ2n) is 3.23. The van der Waals surface area contributed by atoms with E-state index in [-0.39, 0.29) is 5.84 Å². The van der Waals surface area contributed by atoms with Crippen molar-refractivity contribution in [3.63, 3.8) is 0 Å². The number of nitrogens with two attached hydrogens (primary N) is 1. The minimum absolute atomic E-state index is 0.200. The van der Waals surface area contributed by atoms with Gasteiger partial charge in [0.2, 0.25) is 0 Å². The highest BCUT2D eigenvalue weighted by atomic mass is 35.5. The summed E-state index contributed by atoms with van der Waals surface area (Å²) >= 11 is 6.03. The number of anilines is 1. The number of rotatable bonds is 5. The summed E-state index contributed by atoms with van der Waals surface area (Å²) in [5, 5.41) is 12.0. The van der Waals surface area contributed by atoms with E-state index < -0.39 is 0 Å². The highest BCUT2D eigenvalue weighted by Crippen LogP contribution is 2.21. The fourth-order valence-electron chi connectivity index (χ4n) is 1.32. The molecule has 3 N–H and O–H groups in total. The van der Waals surface area contributed by atoms with E-state index in [1.54, 1.807) is 18.3 Å². The minimum atomic E-state index is 0.200. The summed E-state index contributed by atoms with van der Waals surface area (Å²) in [4.78, 5) is 6.18. The summed E-state index contributed by atoms with van der Waals surface area (Å²) in [7, 11) is 0. The topological polar surface area (TPSA) is 74.7 Å². The molecular weight excluding hydrogens is 228 g/mol. The van der Waals surface area contributed by atoms with Crippen LogP contribution in [0, 0.1) is 0 Å². The van der Waals surface area contributed by atoms with E-state index in [0.29, 0.717) is 18.0 Å². The molecule has 0 aliphatic heterocycles. The summed E-state index contributed by atoms with van der Waals surface area (Å²) in [5.74, 6) is 0.919. The van der Waals surface area contributed by atoms with Gasteiger partial charge in [0, 0.05) is 25.7 Å². The molecule has 5 nitrogen and oxygen atoms in total. The van der Waals surface area contributed by atoms with Crippen molar-refractivity contribution in [2.24, 2.45) is 10.9 Å². The third-order valence-electron chi connectivity index (χ3n) is 2.19. The lowest BCUT2D eigenvalue weighted by Crippen LogP contribution is -2.28. The van der Waals surface area contributed by atoms with Gasteiger partial charge >= 0.3 is 0 Å². The quantitative estimate of drug-likeness (QED) is 0.357. The molecule has 1 rings (SSSR count). The third kappa shape index (κ3) is 3.27. The minimum Gasteiger partial charge on any atom is -0.409 e. The van der Waals surface area contributed by atoms with Crippen molar-refractivity contribution >= 4 is 23.3 Å². The number of hydrogen-bond acceptors (Lipinski definition) is 4. The molecule has 0 saturated heterocycles. The molecule has 0 aliphatic carbocycles. The molecule has 1 aromatic rings. The standard InChI is InChI=1S/C10H15ClN4O/c1-2-15(7-5-9(12)14-16)10-8(11)4-3-6-13-10/h3-4,6,16H,2,5,7H2,1H3,(H2,12,14). The van der Waals surface area contributed by atoms with Crippen molar-refractivity contribution < 1.29 is 5.21 Å². The molecule has 0 amide bonds. The van der Waals surface area contributed by atoms with Crippen LogP contribution >= 0.6 is 11.6 Å². The monoisotopic (exact) mass is 242 g/mol. The molecule has 0 spiro atoms. The van der Waals surface area contributed by atoms with Crippen LogP contribution in [0.1, 0.15) is 13.3 Å². The van der Waals surface area contributed by atoms with E-state index in [9.17, 15) is 0 Å². The van der Waals surface area contributed by atoms with Gasteiger partial charge in [-0.05, 0) is 19.1 Å². The second kappa shape index (κ2) is 6.17. The molecule has 0 bridgehead atoms. The maximum absolute atomic E-state index is 8.45. The maximum atomic E-state index is 8.45. The van der Waals surface area contributed by atoms with E-state index in [0.717, 1.165) is 12.4 Å². The first kappa shape index (κ1) is 12.6. The molecular formula is C10H15ClN4O.